The Labute approximate surface area is 145 Å². The fourth-order valence-corrected chi connectivity index (χ4v) is 2.70. The number of amides is 1. The number of nitrogens with zero attached hydrogens (tertiary/aromatic N) is 2. The molecule has 0 atom stereocenters. The van der Waals surface area contributed by atoms with Gasteiger partial charge >= 0.3 is 0 Å². The number of carbonyl (C=O) groups excluding carboxylic acids is 1. The Hall–Kier alpha value is -2.35. The third kappa shape index (κ3) is 6.04. The van der Waals surface area contributed by atoms with Gasteiger partial charge in [0.2, 0.25) is 5.91 Å². The Morgan fingerprint density at radius 1 is 1.29 bits per heavy atom. The van der Waals surface area contributed by atoms with Crippen LogP contribution in [0, 0.1) is 0 Å². The standard InChI is InChI=1S/C16H23N5O2S/c1-3-13-9-19-15(24-13)11-21-16(17-4-2)20-10-14(22)18-8-12-6-5-7-23-12/h5-7,9H,3-4,8,10-11H2,1-2H3,(H,18,22)(H2,17,20,21). The lowest BCUT2D eigenvalue weighted by molar-refractivity contribution is -0.119. The first-order valence-corrected chi connectivity index (χ1v) is 8.77. The summed E-state index contributed by atoms with van der Waals surface area (Å²) in [6.07, 6.45) is 4.46. The van der Waals surface area contributed by atoms with Crippen molar-refractivity contribution >= 4 is 23.2 Å². The minimum atomic E-state index is -0.161. The van der Waals surface area contributed by atoms with Gasteiger partial charge in [-0.3, -0.25) is 4.79 Å². The molecule has 0 saturated carbocycles. The average Bonchev–Trinajstić information content (AvgIpc) is 3.26. The van der Waals surface area contributed by atoms with Crippen molar-refractivity contribution in [2.75, 3.05) is 13.1 Å². The summed E-state index contributed by atoms with van der Waals surface area (Å²) in [6, 6.07) is 3.60. The van der Waals surface area contributed by atoms with Crippen molar-refractivity contribution in [3.05, 3.63) is 40.2 Å². The molecular weight excluding hydrogens is 326 g/mol. The highest BCUT2D eigenvalue weighted by Crippen LogP contribution is 2.12. The number of aromatic nitrogens is 1. The van der Waals surface area contributed by atoms with E-state index < -0.39 is 0 Å². The Morgan fingerprint density at radius 3 is 2.83 bits per heavy atom. The second kappa shape index (κ2) is 9.71. The van der Waals surface area contributed by atoms with Crippen molar-refractivity contribution in [2.24, 2.45) is 4.99 Å². The number of guanidine groups is 1. The second-order valence-electron chi connectivity index (χ2n) is 4.98. The monoisotopic (exact) mass is 349 g/mol. The van der Waals surface area contributed by atoms with Gasteiger partial charge in [-0.1, -0.05) is 6.92 Å². The van der Waals surface area contributed by atoms with Crippen molar-refractivity contribution in [3.8, 4) is 0 Å². The largest absolute Gasteiger partial charge is 0.467 e. The van der Waals surface area contributed by atoms with Crippen LogP contribution in [0.3, 0.4) is 0 Å². The van der Waals surface area contributed by atoms with E-state index in [0.29, 0.717) is 24.8 Å². The molecule has 0 fully saturated rings. The van der Waals surface area contributed by atoms with Gasteiger partial charge in [-0.05, 0) is 25.5 Å². The summed E-state index contributed by atoms with van der Waals surface area (Å²) in [4.78, 5) is 21.7. The zero-order valence-corrected chi connectivity index (χ0v) is 14.8. The Balaban J connectivity index is 1.79. The second-order valence-corrected chi connectivity index (χ2v) is 6.18. The van der Waals surface area contributed by atoms with Gasteiger partial charge in [0.1, 0.15) is 17.3 Å². The van der Waals surface area contributed by atoms with Crippen LogP contribution in [0.2, 0.25) is 0 Å². The molecule has 2 aromatic rings. The number of furan rings is 1. The number of aryl methyl sites for hydroxylation is 1. The van der Waals surface area contributed by atoms with Gasteiger partial charge < -0.3 is 20.4 Å². The molecule has 24 heavy (non-hydrogen) atoms. The van der Waals surface area contributed by atoms with E-state index in [9.17, 15) is 4.79 Å². The predicted octanol–water partition coefficient (Wildman–Crippen LogP) is 1.67. The molecule has 7 nitrogen and oxygen atoms in total. The summed E-state index contributed by atoms with van der Waals surface area (Å²) < 4.78 is 5.17. The van der Waals surface area contributed by atoms with Crippen molar-refractivity contribution in [1.82, 2.24) is 20.9 Å². The van der Waals surface area contributed by atoms with Crippen LogP contribution in [0.4, 0.5) is 0 Å². The molecule has 2 heterocycles. The number of hydrogen-bond donors (Lipinski definition) is 3. The molecule has 0 aliphatic carbocycles. The fourth-order valence-electron chi connectivity index (χ4n) is 1.90. The van der Waals surface area contributed by atoms with Crippen LogP contribution in [-0.4, -0.2) is 29.9 Å². The molecule has 1 amide bonds. The van der Waals surface area contributed by atoms with Gasteiger partial charge in [-0.2, -0.15) is 0 Å². The molecule has 0 aliphatic rings. The molecule has 0 bridgehead atoms. The maximum Gasteiger partial charge on any atom is 0.242 e. The van der Waals surface area contributed by atoms with E-state index >= 15 is 0 Å². The number of aliphatic imine (C=N–C) groups is 1. The van der Waals surface area contributed by atoms with E-state index in [2.05, 4.69) is 32.9 Å². The van der Waals surface area contributed by atoms with Crippen molar-refractivity contribution in [2.45, 2.75) is 33.4 Å². The highest BCUT2D eigenvalue weighted by Gasteiger charge is 2.05. The molecule has 2 aromatic heterocycles. The highest BCUT2D eigenvalue weighted by atomic mass is 32.1. The first kappa shape index (κ1) is 18.0. The summed E-state index contributed by atoms with van der Waals surface area (Å²) >= 11 is 1.68. The maximum atomic E-state index is 11.8. The minimum absolute atomic E-state index is 0.0497. The van der Waals surface area contributed by atoms with E-state index in [1.807, 2.05) is 19.2 Å². The predicted molar refractivity (Wildman–Crippen MR) is 94.9 cm³/mol. The highest BCUT2D eigenvalue weighted by molar-refractivity contribution is 7.11. The number of nitrogens with one attached hydrogen (secondary N) is 3. The smallest absolute Gasteiger partial charge is 0.242 e. The Kier molecular flexibility index (Phi) is 7.28. The number of hydrogen-bond acceptors (Lipinski definition) is 5. The first-order chi connectivity index (χ1) is 11.7. The summed E-state index contributed by atoms with van der Waals surface area (Å²) in [5.74, 6) is 1.15. The first-order valence-electron chi connectivity index (χ1n) is 7.96. The molecule has 0 radical (unpaired) electrons. The van der Waals surface area contributed by atoms with E-state index in [4.69, 9.17) is 4.42 Å². The lowest BCUT2D eigenvalue weighted by Crippen LogP contribution is -2.38. The quantitative estimate of drug-likeness (QED) is 0.498. The van der Waals surface area contributed by atoms with Crippen LogP contribution in [0.1, 0.15) is 29.5 Å². The summed E-state index contributed by atoms with van der Waals surface area (Å²) in [5, 5.41) is 10.1. The van der Waals surface area contributed by atoms with E-state index in [0.717, 1.165) is 18.0 Å². The van der Waals surface area contributed by atoms with Crippen molar-refractivity contribution in [3.63, 3.8) is 0 Å². The minimum Gasteiger partial charge on any atom is -0.467 e. The van der Waals surface area contributed by atoms with Crippen LogP contribution in [-0.2, 0) is 24.3 Å². The number of rotatable bonds is 8. The van der Waals surface area contributed by atoms with Gasteiger partial charge in [0, 0.05) is 17.6 Å². The third-order valence-corrected chi connectivity index (χ3v) is 4.26. The van der Waals surface area contributed by atoms with Gasteiger partial charge in [-0.25, -0.2) is 9.98 Å². The van der Waals surface area contributed by atoms with Gasteiger partial charge in [0.05, 0.1) is 19.4 Å². The van der Waals surface area contributed by atoms with Crippen LogP contribution in [0.5, 0.6) is 0 Å². The molecule has 0 spiro atoms. The number of carbonyl (C=O) groups is 1. The van der Waals surface area contributed by atoms with Crippen LogP contribution >= 0.6 is 11.3 Å². The molecule has 8 heteroatoms. The average molecular weight is 349 g/mol. The fraction of sp³-hybridized carbons (Fsp3) is 0.438. The van der Waals surface area contributed by atoms with Crippen molar-refractivity contribution < 1.29 is 9.21 Å². The normalized spacial score (nSPS) is 11.3. The molecule has 0 saturated heterocycles. The van der Waals surface area contributed by atoms with E-state index in [1.54, 1.807) is 23.7 Å². The molecule has 130 valence electrons. The van der Waals surface area contributed by atoms with Gasteiger partial charge in [0.25, 0.3) is 0 Å². The van der Waals surface area contributed by atoms with Crippen LogP contribution < -0.4 is 16.0 Å². The number of thiazole rings is 1. The van der Waals surface area contributed by atoms with E-state index in [-0.39, 0.29) is 12.5 Å². The summed E-state index contributed by atoms with van der Waals surface area (Å²) in [7, 11) is 0. The molecule has 0 aliphatic heterocycles. The molecule has 2 rings (SSSR count). The van der Waals surface area contributed by atoms with Crippen LogP contribution in [0.15, 0.2) is 34.0 Å². The molecule has 0 unspecified atom stereocenters. The summed E-state index contributed by atoms with van der Waals surface area (Å²) in [5.41, 5.74) is 0. The van der Waals surface area contributed by atoms with Gasteiger partial charge in [0.15, 0.2) is 5.96 Å². The Bertz CT molecular complexity index is 651. The third-order valence-electron chi connectivity index (χ3n) is 3.12. The lowest BCUT2D eigenvalue weighted by Gasteiger charge is -2.10. The van der Waals surface area contributed by atoms with E-state index in [1.165, 1.54) is 4.88 Å². The van der Waals surface area contributed by atoms with Crippen LogP contribution in [0.25, 0.3) is 0 Å². The SMILES string of the molecule is CCNC(=NCC(=O)NCc1ccco1)NCc1ncc(CC)s1. The molecule has 0 aromatic carbocycles. The molecule has 3 N–H and O–H groups in total. The zero-order valence-electron chi connectivity index (χ0n) is 14.0. The molecular formula is C16H23N5O2S. The van der Waals surface area contributed by atoms with Crippen molar-refractivity contribution in [1.29, 1.82) is 0 Å². The maximum absolute atomic E-state index is 11.8. The lowest BCUT2D eigenvalue weighted by atomic mass is 10.4. The Morgan fingerprint density at radius 2 is 2.17 bits per heavy atom. The topological polar surface area (TPSA) is 91.5 Å². The zero-order chi connectivity index (χ0) is 17.2. The summed E-state index contributed by atoms with van der Waals surface area (Å²) in [6.45, 7) is 5.81. The van der Waals surface area contributed by atoms with Gasteiger partial charge in [-0.15, -0.1) is 11.3 Å².